The van der Waals surface area contributed by atoms with Gasteiger partial charge in [0.25, 0.3) is 5.56 Å². The molecule has 1 amide bonds. The first-order valence-corrected chi connectivity index (χ1v) is 8.86. The maximum Gasteiger partial charge on any atom is 0.311 e. The monoisotopic (exact) mass is 392 g/mol. The zero-order valence-electron chi connectivity index (χ0n) is 16.1. The van der Waals surface area contributed by atoms with Gasteiger partial charge in [0, 0.05) is 6.42 Å². The highest BCUT2D eigenvalue weighted by molar-refractivity contribution is 5.80. The van der Waals surface area contributed by atoms with Gasteiger partial charge in [-0.2, -0.15) is 4.98 Å². The molecule has 2 aromatic rings. The Bertz CT molecular complexity index is 975. The van der Waals surface area contributed by atoms with Crippen molar-refractivity contribution in [1.29, 1.82) is 0 Å². The molecule has 4 N–H and O–H groups in total. The van der Waals surface area contributed by atoms with Crippen LogP contribution in [0.5, 0.6) is 0 Å². The molecule has 1 atom stereocenters. The zero-order valence-corrected chi connectivity index (χ0v) is 16.1. The first-order valence-electron chi connectivity index (χ1n) is 8.86. The van der Waals surface area contributed by atoms with Gasteiger partial charge in [-0.3, -0.25) is 23.9 Å². The number of fused-ring (bicyclic) bond motifs is 1. The van der Waals surface area contributed by atoms with Gasteiger partial charge in [-0.05, 0) is 27.2 Å². The third kappa shape index (κ3) is 3.44. The number of ether oxygens (including phenoxy) is 1. The summed E-state index contributed by atoms with van der Waals surface area (Å²) < 4.78 is 6.90. The van der Waals surface area contributed by atoms with Crippen LogP contribution in [0, 0.1) is 5.41 Å². The molecule has 0 saturated carbocycles. The Hall–Kier alpha value is -2.95. The second kappa shape index (κ2) is 6.89. The van der Waals surface area contributed by atoms with Gasteiger partial charge in [0.15, 0.2) is 11.2 Å². The summed E-state index contributed by atoms with van der Waals surface area (Å²) in [6, 6.07) is 0. The Balaban J connectivity index is 1.89. The van der Waals surface area contributed by atoms with Crippen LogP contribution in [0.25, 0.3) is 11.2 Å². The number of hydrogen-bond acceptors (Lipinski definition) is 8. The average molecular weight is 392 g/mol. The van der Waals surface area contributed by atoms with Gasteiger partial charge in [0.05, 0.1) is 18.3 Å². The minimum absolute atomic E-state index is 0.0150. The zero-order chi connectivity index (χ0) is 20.7. The molecule has 0 spiro atoms. The number of hydrogen-bond donors (Lipinski definition) is 3. The molecule has 11 nitrogen and oxygen atoms in total. The lowest BCUT2D eigenvalue weighted by Gasteiger charge is -2.37. The van der Waals surface area contributed by atoms with Crippen LogP contribution < -0.4 is 11.3 Å². The summed E-state index contributed by atoms with van der Waals surface area (Å²) in [5.41, 5.74) is 3.68. The average Bonchev–Trinajstić information content (AvgIpc) is 3.15. The van der Waals surface area contributed by atoms with E-state index in [9.17, 15) is 19.5 Å². The quantitative estimate of drug-likeness (QED) is 0.580. The van der Waals surface area contributed by atoms with E-state index < -0.39 is 22.5 Å². The minimum atomic E-state index is -1.05. The number of aliphatic hydroxyl groups excluding tert-OH is 1. The first-order chi connectivity index (χ1) is 13.1. The van der Waals surface area contributed by atoms with Gasteiger partial charge >= 0.3 is 5.97 Å². The lowest BCUT2D eigenvalue weighted by molar-refractivity contribution is -0.160. The fraction of sp³-hybridized carbons (Fsp3) is 0.588. The summed E-state index contributed by atoms with van der Waals surface area (Å²) in [5, 5.41) is 10.0. The normalized spacial score (nSPS) is 20.1. The number of aromatic nitrogens is 4. The topological polar surface area (TPSA) is 156 Å². The van der Waals surface area contributed by atoms with Gasteiger partial charge in [-0.1, -0.05) is 0 Å². The van der Waals surface area contributed by atoms with E-state index in [0.29, 0.717) is 6.42 Å². The molecular weight excluding hydrogens is 368 g/mol. The summed E-state index contributed by atoms with van der Waals surface area (Å²) >= 11 is 0. The van der Waals surface area contributed by atoms with Crippen LogP contribution in [0.2, 0.25) is 0 Å². The molecule has 3 heterocycles. The van der Waals surface area contributed by atoms with Crippen molar-refractivity contribution in [3.63, 3.8) is 0 Å². The molecule has 1 aliphatic rings. The van der Waals surface area contributed by atoms with Gasteiger partial charge in [0.1, 0.15) is 18.8 Å². The number of likely N-dealkylation sites (tertiary alicyclic amines) is 1. The van der Waals surface area contributed by atoms with Crippen molar-refractivity contribution in [2.75, 3.05) is 18.9 Å². The van der Waals surface area contributed by atoms with Crippen LogP contribution in [-0.2, 0) is 21.0 Å². The minimum Gasteiger partial charge on any atom is -0.463 e. The Morgan fingerprint density at radius 3 is 2.79 bits per heavy atom. The third-order valence-corrected chi connectivity index (χ3v) is 4.84. The molecule has 2 aromatic heterocycles. The number of nitrogens with two attached hydrogens (primary N) is 1. The van der Waals surface area contributed by atoms with Crippen molar-refractivity contribution in [3.05, 3.63) is 16.7 Å². The Labute approximate surface area is 160 Å². The summed E-state index contributed by atoms with van der Waals surface area (Å²) in [4.78, 5) is 48.5. The van der Waals surface area contributed by atoms with Crippen LogP contribution in [0.3, 0.4) is 0 Å². The van der Waals surface area contributed by atoms with E-state index in [1.165, 1.54) is 15.8 Å². The molecule has 0 bridgehead atoms. The van der Waals surface area contributed by atoms with Crippen molar-refractivity contribution < 1.29 is 19.4 Å². The summed E-state index contributed by atoms with van der Waals surface area (Å²) in [6.45, 7) is 4.66. The van der Waals surface area contributed by atoms with E-state index in [4.69, 9.17) is 10.5 Å². The maximum absolute atomic E-state index is 12.5. The van der Waals surface area contributed by atoms with E-state index in [1.54, 1.807) is 20.8 Å². The molecule has 1 fully saturated rings. The number of carbonyl (C=O) groups excluding carboxylic acids is 2. The Morgan fingerprint density at radius 2 is 2.14 bits per heavy atom. The third-order valence-electron chi connectivity index (χ3n) is 4.84. The highest BCUT2D eigenvalue weighted by Gasteiger charge is 2.46. The highest BCUT2D eigenvalue weighted by Crippen LogP contribution is 2.32. The van der Waals surface area contributed by atoms with Crippen molar-refractivity contribution in [2.24, 2.45) is 5.41 Å². The Morgan fingerprint density at radius 1 is 1.43 bits per heavy atom. The van der Waals surface area contributed by atoms with Gasteiger partial charge in [-0.15, -0.1) is 0 Å². The molecule has 152 valence electrons. The molecule has 28 heavy (non-hydrogen) atoms. The Kier molecular flexibility index (Phi) is 4.88. The maximum atomic E-state index is 12.5. The van der Waals surface area contributed by atoms with Crippen LogP contribution in [0.4, 0.5) is 5.95 Å². The number of aromatic amines is 1. The van der Waals surface area contributed by atoms with Gasteiger partial charge in [0.2, 0.25) is 11.9 Å². The lowest BCUT2D eigenvalue weighted by Crippen LogP contribution is -2.53. The number of imidazole rings is 1. The van der Waals surface area contributed by atoms with Gasteiger partial charge in [-0.25, -0.2) is 4.98 Å². The molecule has 0 aliphatic carbocycles. The molecule has 1 saturated heterocycles. The van der Waals surface area contributed by atoms with Crippen LogP contribution >= 0.6 is 0 Å². The van der Waals surface area contributed by atoms with Crippen LogP contribution in [0.15, 0.2) is 11.1 Å². The molecule has 11 heteroatoms. The molecular formula is C17H24N6O5. The van der Waals surface area contributed by atoms with Crippen LogP contribution in [-0.4, -0.2) is 60.2 Å². The standard InChI is InChI=1S/C17H24N6O5/c1-16(2,3)14(27)28-7-17(6-24)5-4-10(25)23(17)9-22-8-19-11-12(22)20-15(18)21-13(11)26/h8,24H,4-7,9H2,1-3H3,(H3,18,20,21,26). The number of aliphatic hydroxyl groups is 1. The molecule has 1 unspecified atom stereocenters. The fourth-order valence-corrected chi connectivity index (χ4v) is 3.11. The van der Waals surface area contributed by atoms with Crippen molar-refractivity contribution in [3.8, 4) is 0 Å². The van der Waals surface area contributed by atoms with Crippen molar-refractivity contribution in [1.82, 2.24) is 24.4 Å². The number of anilines is 1. The molecule has 3 rings (SSSR count). The number of nitrogens with zero attached hydrogens (tertiary/aromatic N) is 4. The lowest BCUT2D eigenvalue weighted by atomic mass is 9.96. The number of H-pyrrole nitrogens is 1. The number of nitrogen functional groups attached to an aromatic ring is 1. The highest BCUT2D eigenvalue weighted by atomic mass is 16.5. The van der Waals surface area contributed by atoms with E-state index in [1.807, 2.05) is 0 Å². The van der Waals surface area contributed by atoms with Gasteiger partial charge < -0.3 is 20.5 Å². The van der Waals surface area contributed by atoms with E-state index >= 15 is 0 Å². The summed E-state index contributed by atoms with van der Waals surface area (Å²) in [7, 11) is 0. The molecule has 1 aliphatic heterocycles. The number of esters is 1. The second-order valence-electron chi connectivity index (χ2n) is 8.01. The van der Waals surface area contributed by atoms with E-state index in [-0.39, 0.29) is 49.3 Å². The van der Waals surface area contributed by atoms with E-state index in [2.05, 4.69) is 15.0 Å². The van der Waals surface area contributed by atoms with Crippen LogP contribution in [0.1, 0.15) is 33.6 Å². The summed E-state index contributed by atoms with van der Waals surface area (Å²) in [5.74, 6) is -0.700. The predicted octanol–water partition coefficient (Wildman–Crippen LogP) is -0.398. The predicted molar refractivity (Wildman–Crippen MR) is 98.9 cm³/mol. The largest absolute Gasteiger partial charge is 0.463 e. The smallest absolute Gasteiger partial charge is 0.311 e. The number of carbonyl (C=O) groups is 2. The second-order valence-corrected chi connectivity index (χ2v) is 8.01. The number of amides is 1. The molecule has 0 radical (unpaired) electrons. The fourth-order valence-electron chi connectivity index (χ4n) is 3.11. The SMILES string of the molecule is CC(C)(C)C(=O)OCC1(CO)CCC(=O)N1Cn1cnc2c(=O)[nH]c(N)nc21. The van der Waals surface area contributed by atoms with Crippen molar-refractivity contribution >= 4 is 29.0 Å². The van der Waals surface area contributed by atoms with E-state index in [0.717, 1.165) is 0 Å². The molecule has 0 aromatic carbocycles. The van der Waals surface area contributed by atoms with Crippen molar-refractivity contribution in [2.45, 2.75) is 45.8 Å². The summed E-state index contributed by atoms with van der Waals surface area (Å²) in [6.07, 6.45) is 1.92. The number of nitrogens with one attached hydrogen (secondary N) is 1. The number of rotatable bonds is 5. The first kappa shape index (κ1) is 19.8.